The lowest BCUT2D eigenvalue weighted by Gasteiger charge is -2.22. The van der Waals surface area contributed by atoms with Crippen LogP contribution in [-0.2, 0) is 4.79 Å². The molecule has 2 aliphatic rings. The molecule has 2 fully saturated rings. The Kier molecular flexibility index (Phi) is 1.39. The molecule has 2 atom stereocenters. The molecule has 2 heteroatoms. The quantitative estimate of drug-likeness (QED) is 0.471. The maximum absolute atomic E-state index is 10.4. The average molecular weight is 151 g/mol. The van der Waals surface area contributed by atoms with E-state index in [9.17, 15) is 4.79 Å². The minimum Gasteiger partial charge on any atom is -0.304 e. The van der Waals surface area contributed by atoms with E-state index in [2.05, 4.69) is 11.9 Å². The minimum absolute atomic E-state index is 0.115. The van der Waals surface area contributed by atoms with Gasteiger partial charge in [0.25, 0.3) is 0 Å². The zero-order chi connectivity index (χ0) is 7.90. The molecule has 2 saturated heterocycles. The van der Waals surface area contributed by atoms with Crippen molar-refractivity contribution in [2.24, 2.45) is 0 Å². The van der Waals surface area contributed by atoms with Crippen molar-refractivity contribution >= 4 is 6.29 Å². The number of carbonyl (C=O) groups is 1. The zero-order valence-corrected chi connectivity index (χ0v) is 6.60. The van der Waals surface area contributed by atoms with Gasteiger partial charge in [-0.1, -0.05) is 12.2 Å². The maximum atomic E-state index is 10.4. The molecule has 0 radical (unpaired) electrons. The van der Waals surface area contributed by atoms with Crippen molar-refractivity contribution in [2.45, 2.75) is 37.3 Å². The van der Waals surface area contributed by atoms with E-state index in [0.717, 1.165) is 19.1 Å². The molecule has 60 valence electrons. The Balaban J connectivity index is 2.16. The largest absolute Gasteiger partial charge is 0.304 e. The number of hydrogen-bond donors (Lipinski definition) is 1. The summed E-state index contributed by atoms with van der Waals surface area (Å²) in [5.41, 5.74) is 1.40. The van der Waals surface area contributed by atoms with Crippen molar-refractivity contribution in [2.75, 3.05) is 0 Å². The number of nitrogens with one attached hydrogen (secondary N) is 1. The summed E-state index contributed by atoms with van der Waals surface area (Å²) >= 11 is 0. The van der Waals surface area contributed by atoms with Crippen molar-refractivity contribution < 1.29 is 4.79 Å². The number of fused-ring (bicyclic) bond motifs is 2. The summed E-state index contributed by atoms with van der Waals surface area (Å²) in [4.78, 5) is 10.4. The highest BCUT2D eigenvalue weighted by Crippen LogP contribution is 2.41. The predicted molar refractivity (Wildman–Crippen MR) is 43.3 cm³/mol. The predicted octanol–water partition coefficient (Wildman–Crippen LogP) is 1.03. The number of hydrogen-bond acceptors (Lipinski definition) is 2. The first-order valence-electron chi connectivity index (χ1n) is 4.15. The van der Waals surface area contributed by atoms with Crippen LogP contribution in [0.5, 0.6) is 0 Å². The van der Waals surface area contributed by atoms with Gasteiger partial charge in [-0.3, -0.25) is 0 Å². The Morgan fingerprint density at radius 2 is 2.64 bits per heavy atom. The first-order valence-corrected chi connectivity index (χ1v) is 4.15. The van der Waals surface area contributed by atoms with Gasteiger partial charge in [0.2, 0.25) is 0 Å². The van der Waals surface area contributed by atoms with Gasteiger partial charge in [0.15, 0.2) is 0 Å². The topological polar surface area (TPSA) is 29.1 Å². The van der Waals surface area contributed by atoms with Gasteiger partial charge in [0, 0.05) is 18.0 Å². The summed E-state index contributed by atoms with van der Waals surface area (Å²) in [7, 11) is 0. The molecule has 11 heavy (non-hydrogen) atoms. The second-order valence-corrected chi connectivity index (χ2v) is 3.72. The van der Waals surface area contributed by atoms with E-state index in [1.807, 2.05) is 0 Å². The maximum Gasteiger partial charge on any atom is 0.121 e. The van der Waals surface area contributed by atoms with E-state index in [0.29, 0.717) is 12.5 Å². The van der Waals surface area contributed by atoms with Gasteiger partial charge in [-0.25, -0.2) is 0 Å². The van der Waals surface area contributed by atoms with Crippen LogP contribution in [0.2, 0.25) is 0 Å². The smallest absolute Gasteiger partial charge is 0.121 e. The Labute approximate surface area is 66.7 Å². The van der Waals surface area contributed by atoms with Crippen LogP contribution in [0.25, 0.3) is 0 Å². The second kappa shape index (κ2) is 2.18. The van der Waals surface area contributed by atoms with Crippen molar-refractivity contribution in [3.05, 3.63) is 12.2 Å². The molecule has 2 nitrogen and oxygen atoms in total. The molecule has 0 spiro atoms. The molecule has 0 aliphatic carbocycles. The van der Waals surface area contributed by atoms with Crippen LogP contribution in [-0.4, -0.2) is 17.9 Å². The average Bonchev–Trinajstić information content (AvgIpc) is 2.44. The number of rotatable bonds is 2. The Bertz CT molecular complexity index is 212. The van der Waals surface area contributed by atoms with Gasteiger partial charge in [-0.15, -0.1) is 0 Å². The van der Waals surface area contributed by atoms with Crippen LogP contribution >= 0.6 is 0 Å². The van der Waals surface area contributed by atoms with E-state index in [-0.39, 0.29) is 5.54 Å². The van der Waals surface area contributed by atoms with E-state index in [4.69, 9.17) is 0 Å². The van der Waals surface area contributed by atoms with Crippen LogP contribution in [0, 0.1) is 0 Å². The summed E-state index contributed by atoms with van der Waals surface area (Å²) in [6.07, 6.45) is 5.01. The van der Waals surface area contributed by atoms with Crippen molar-refractivity contribution in [1.29, 1.82) is 0 Å². The summed E-state index contributed by atoms with van der Waals surface area (Å²) in [5.74, 6) is 0. The van der Waals surface area contributed by atoms with Crippen LogP contribution < -0.4 is 5.32 Å². The monoisotopic (exact) mass is 151 g/mol. The van der Waals surface area contributed by atoms with Gasteiger partial charge >= 0.3 is 0 Å². The van der Waals surface area contributed by atoms with E-state index in [1.54, 1.807) is 0 Å². The molecule has 0 saturated carbocycles. The molecule has 2 heterocycles. The molecule has 1 N–H and O–H groups in total. The van der Waals surface area contributed by atoms with Crippen molar-refractivity contribution in [1.82, 2.24) is 5.32 Å². The van der Waals surface area contributed by atoms with Gasteiger partial charge < -0.3 is 10.1 Å². The molecular formula is C9H13NO. The fraction of sp³-hybridized carbons (Fsp3) is 0.667. The summed E-state index contributed by atoms with van der Waals surface area (Å²) in [5, 5.41) is 3.46. The van der Waals surface area contributed by atoms with Gasteiger partial charge in [0.1, 0.15) is 6.29 Å². The normalized spacial score (nSPS) is 41.5. The molecule has 0 amide bonds. The lowest BCUT2D eigenvalue weighted by atomic mass is 9.84. The minimum atomic E-state index is 0.115. The highest BCUT2D eigenvalue weighted by Gasteiger charge is 2.45. The fourth-order valence-electron chi connectivity index (χ4n) is 2.33. The Morgan fingerprint density at radius 3 is 3.09 bits per heavy atom. The standard InChI is InChI=1S/C9H13NO/c1-7-6-9(4-5-11)3-2-8(7)10-9/h5,8,10H,1-4,6H2. The zero-order valence-electron chi connectivity index (χ0n) is 6.60. The van der Waals surface area contributed by atoms with Gasteiger partial charge in [-0.2, -0.15) is 0 Å². The lowest BCUT2D eigenvalue weighted by molar-refractivity contribution is -0.108. The van der Waals surface area contributed by atoms with Crippen LogP contribution in [0.15, 0.2) is 12.2 Å². The Morgan fingerprint density at radius 1 is 1.82 bits per heavy atom. The van der Waals surface area contributed by atoms with Crippen LogP contribution in [0.1, 0.15) is 25.7 Å². The summed E-state index contributed by atoms with van der Waals surface area (Å²) < 4.78 is 0. The molecule has 2 rings (SSSR count). The fourth-order valence-corrected chi connectivity index (χ4v) is 2.33. The van der Waals surface area contributed by atoms with E-state index in [1.165, 1.54) is 12.0 Å². The molecule has 0 aromatic carbocycles. The molecule has 2 aliphatic heterocycles. The van der Waals surface area contributed by atoms with Crippen LogP contribution in [0.4, 0.5) is 0 Å². The summed E-state index contributed by atoms with van der Waals surface area (Å²) in [6, 6.07) is 0.509. The van der Waals surface area contributed by atoms with Crippen molar-refractivity contribution in [3.8, 4) is 0 Å². The van der Waals surface area contributed by atoms with E-state index < -0.39 is 0 Å². The molecule has 2 bridgehead atoms. The molecule has 0 aromatic heterocycles. The molecular weight excluding hydrogens is 138 g/mol. The molecule has 2 unspecified atom stereocenters. The third-order valence-electron chi connectivity index (χ3n) is 2.92. The van der Waals surface area contributed by atoms with E-state index >= 15 is 0 Å². The summed E-state index contributed by atoms with van der Waals surface area (Å²) in [6.45, 7) is 3.99. The SMILES string of the molecule is C=C1CC2(CC=O)CCC1N2. The second-order valence-electron chi connectivity index (χ2n) is 3.72. The Hall–Kier alpha value is -0.630. The number of aldehydes is 1. The molecule has 0 aromatic rings. The third-order valence-corrected chi connectivity index (χ3v) is 2.92. The highest BCUT2D eigenvalue weighted by atomic mass is 16.1. The third kappa shape index (κ3) is 0.932. The number of carbonyl (C=O) groups excluding carboxylic acids is 1. The van der Waals surface area contributed by atoms with Crippen molar-refractivity contribution in [3.63, 3.8) is 0 Å². The van der Waals surface area contributed by atoms with Gasteiger partial charge in [-0.05, 0) is 19.3 Å². The van der Waals surface area contributed by atoms with Crippen LogP contribution in [0.3, 0.4) is 0 Å². The van der Waals surface area contributed by atoms with Gasteiger partial charge in [0.05, 0.1) is 0 Å². The lowest BCUT2D eigenvalue weighted by Crippen LogP contribution is -2.36. The first kappa shape index (κ1) is 7.04. The first-order chi connectivity index (χ1) is 5.26. The highest BCUT2D eigenvalue weighted by molar-refractivity contribution is 5.53.